The summed E-state index contributed by atoms with van der Waals surface area (Å²) in [5.74, 6) is -0.176. The van der Waals surface area contributed by atoms with Crippen LogP contribution in [0.2, 0.25) is 5.02 Å². The molecule has 2 rings (SSSR count). The van der Waals surface area contributed by atoms with E-state index in [1.807, 2.05) is 18.2 Å². The Morgan fingerprint density at radius 2 is 2.24 bits per heavy atom. The highest BCUT2D eigenvalue weighted by molar-refractivity contribution is 6.31. The third kappa shape index (κ3) is 3.45. The van der Waals surface area contributed by atoms with E-state index in [4.69, 9.17) is 16.3 Å². The molecule has 1 aliphatic heterocycles. The van der Waals surface area contributed by atoms with Gasteiger partial charge in [-0.05, 0) is 25.5 Å². The Labute approximate surface area is 106 Å². The van der Waals surface area contributed by atoms with Gasteiger partial charge in [-0.2, -0.15) is 0 Å². The molecule has 17 heavy (non-hydrogen) atoms. The van der Waals surface area contributed by atoms with Crippen molar-refractivity contribution in [3.05, 3.63) is 34.9 Å². The van der Waals surface area contributed by atoms with E-state index >= 15 is 0 Å². The van der Waals surface area contributed by atoms with Crippen molar-refractivity contribution in [2.24, 2.45) is 0 Å². The molecule has 1 unspecified atom stereocenters. The van der Waals surface area contributed by atoms with Gasteiger partial charge >= 0.3 is 5.97 Å². The number of rotatable bonds is 3. The lowest BCUT2D eigenvalue weighted by molar-refractivity contribution is -0.148. The van der Waals surface area contributed by atoms with Crippen LogP contribution in [-0.2, 0) is 16.1 Å². The summed E-state index contributed by atoms with van der Waals surface area (Å²) >= 11 is 5.99. The molecule has 0 saturated carbocycles. The third-order valence-corrected chi connectivity index (χ3v) is 3.29. The van der Waals surface area contributed by atoms with E-state index in [2.05, 4.69) is 5.32 Å². The molecule has 0 bridgehead atoms. The molecule has 1 fully saturated rings. The molecule has 1 N–H and O–H groups in total. The van der Waals surface area contributed by atoms with Gasteiger partial charge in [0, 0.05) is 10.6 Å². The molecule has 1 aromatic carbocycles. The smallest absolute Gasteiger partial charge is 0.323 e. The highest BCUT2D eigenvalue weighted by Crippen LogP contribution is 2.16. The van der Waals surface area contributed by atoms with Crippen LogP contribution in [0.3, 0.4) is 0 Å². The molecular weight excluding hydrogens is 238 g/mol. The van der Waals surface area contributed by atoms with Crippen LogP contribution in [0.25, 0.3) is 0 Å². The molecule has 4 heteroatoms. The quantitative estimate of drug-likeness (QED) is 0.842. The number of ether oxygens (including phenoxy) is 1. The van der Waals surface area contributed by atoms with Crippen molar-refractivity contribution in [3.8, 4) is 0 Å². The average molecular weight is 254 g/mol. The van der Waals surface area contributed by atoms with Crippen LogP contribution in [0, 0.1) is 0 Å². The second kappa shape index (κ2) is 6.03. The molecule has 3 nitrogen and oxygen atoms in total. The predicted octanol–water partition coefficient (Wildman–Crippen LogP) is 2.53. The Kier molecular flexibility index (Phi) is 4.40. The lowest BCUT2D eigenvalue weighted by Crippen LogP contribution is -2.41. The number of halogens is 1. The SMILES string of the molecule is O=C(OCc1ccccc1Cl)C1CCCCN1. The van der Waals surface area contributed by atoms with Gasteiger partial charge in [0.05, 0.1) is 0 Å². The maximum Gasteiger partial charge on any atom is 0.323 e. The van der Waals surface area contributed by atoms with Crippen molar-refractivity contribution in [1.29, 1.82) is 0 Å². The molecule has 0 aromatic heterocycles. The van der Waals surface area contributed by atoms with E-state index in [9.17, 15) is 4.79 Å². The van der Waals surface area contributed by atoms with Crippen molar-refractivity contribution in [2.45, 2.75) is 31.9 Å². The summed E-state index contributed by atoms with van der Waals surface area (Å²) < 4.78 is 5.26. The summed E-state index contributed by atoms with van der Waals surface area (Å²) in [5, 5.41) is 3.80. The van der Waals surface area contributed by atoms with E-state index in [0.717, 1.165) is 31.4 Å². The summed E-state index contributed by atoms with van der Waals surface area (Å²) in [5.41, 5.74) is 0.846. The fraction of sp³-hybridized carbons (Fsp3) is 0.462. The summed E-state index contributed by atoms with van der Waals surface area (Å²) in [4.78, 5) is 11.8. The maximum atomic E-state index is 11.8. The fourth-order valence-corrected chi connectivity index (χ4v) is 2.11. The molecule has 92 valence electrons. The van der Waals surface area contributed by atoms with Crippen molar-refractivity contribution in [2.75, 3.05) is 6.54 Å². The summed E-state index contributed by atoms with van der Waals surface area (Å²) in [6.45, 7) is 1.14. The molecule has 0 spiro atoms. The zero-order chi connectivity index (χ0) is 12.1. The zero-order valence-electron chi connectivity index (χ0n) is 9.62. The van der Waals surface area contributed by atoms with E-state index in [1.54, 1.807) is 6.07 Å². The van der Waals surface area contributed by atoms with Gasteiger partial charge in [0.15, 0.2) is 0 Å². The molecule has 1 saturated heterocycles. The van der Waals surface area contributed by atoms with Crippen LogP contribution in [0.15, 0.2) is 24.3 Å². The Morgan fingerprint density at radius 3 is 2.94 bits per heavy atom. The van der Waals surface area contributed by atoms with Crippen LogP contribution < -0.4 is 5.32 Å². The number of nitrogens with one attached hydrogen (secondary N) is 1. The summed E-state index contributed by atoms with van der Waals surface area (Å²) in [6, 6.07) is 7.25. The normalized spacial score (nSPS) is 19.9. The summed E-state index contributed by atoms with van der Waals surface area (Å²) in [6.07, 6.45) is 3.08. The van der Waals surface area contributed by atoms with Gasteiger partial charge in [0.1, 0.15) is 12.6 Å². The van der Waals surface area contributed by atoms with Gasteiger partial charge < -0.3 is 10.1 Å². The minimum Gasteiger partial charge on any atom is -0.460 e. The van der Waals surface area contributed by atoms with Gasteiger partial charge in [0.25, 0.3) is 0 Å². The van der Waals surface area contributed by atoms with Gasteiger partial charge in [0.2, 0.25) is 0 Å². The second-order valence-electron chi connectivity index (χ2n) is 4.20. The van der Waals surface area contributed by atoms with E-state index in [0.29, 0.717) is 5.02 Å². The number of esters is 1. The van der Waals surface area contributed by atoms with Crippen molar-refractivity contribution < 1.29 is 9.53 Å². The largest absolute Gasteiger partial charge is 0.460 e. The van der Waals surface area contributed by atoms with Crippen molar-refractivity contribution >= 4 is 17.6 Å². The molecule has 1 aliphatic rings. The monoisotopic (exact) mass is 253 g/mol. The van der Waals surface area contributed by atoms with Crippen LogP contribution in [0.5, 0.6) is 0 Å². The van der Waals surface area contributed by atoms with Crippen LogP contribution in [-0.4, -0.2) is 18.6 Å². The van der Waals surface area contributed by atoms with E-state index < -0.39 is 0 Å². The highest BCUT2D eigenvalue weighted by atomic mass is 35.5. The van der Waals surface area contributed by atoms with Gasteiger partial charge in [-0.3, -0.25) is 4.79 Å². The fourth-order valence-electron chi connectivity index (χ4n) is 1.92. The first-order valence-corrected chi connectivity index (χ1v) is 6.28. The molecule has 0 aliphatic carbocycles. The molecular formula is C13H16ClNO2. The minimum absolute atomic E-state index is 0.147. The minimum atomic E-state index is -0.176. The number of piperidine rings is 1. The average Bonchev–Trinajstić information content (AvgIpc) is 2.38. The number of hydrogen-bond acceptors (Lipinski definition) is 3. The number of carbonyl (C=O) groups is 1. The van der Waals surface area contributed by atoms with Crippen molar-refractivity contribution in [3.63, 3.8) is 0 Å². The predicted molar refractivity (Wildman–Crippen MR) is 66.9 cm³/mol. The Balaban J connectivity index is 1.85. The Hall–Kier alpha value is -1.06. The zero-order valence-corrected chi connectivity index (χ0v) is 10.4. The van der Waals surface area contributed by atoms with Crippen LogP contribution in [0.1, 0.15) is 24.8 Å². The molecule has 1 atom stereocenters. The Bertz CT molecular complexity index is 389. The molecule has 0 radical (unpaired) electrons. The number of hydrogen-bond donors (Lipinski definition) is 1. The number of benzene rings is 1. The Morgan fingerprint density at radius 1 is 1.41 bits per heavy atom. The lowest BCUT2D eigenvalue weighted by atomic mass is 10.1. The topological polar surface area (TPSA) is 38.3 Å². The summed E-state index contributed by atoms with van der Waals surface area (Å²) in [7, 11) is 0. The van der Waals surface area contributed by atoms with E-state index in [-0.39, 0.29) is 18.6 Å². The first kappa shape index (κ1) is 12.4. The number of carbonyl (C=O) groups excluding carboxylic acids is 1. The molecule has 1 heterocycles. The van der Waals surface area contributed by atoms with Gasteiger partial charge in [-0.15, -0.1) is 0 Å². The first-order valence-electron chi connectivity index (χ1n) is 5.91. The van der Waals surface area contributed by atoms with Crippen LogP contribution >= 0.6 is 11.6 Å². The van der Waals surface area contributed by atoms with E-state index in [1.165, 1.54) is 0 Å². The first-order chi connectivity index (χ1) is 8.27. The van der Waals surface area contributed by atoms with Gasteiger partial charge in [-0.1, -0.05) is 36.2 Å². The highest BCUT2D eigenvalue weighted by Gasteiger charge is 2.21. The van der Waals surface area contributed by atoms with Crippen molar-refractivity contribution in [1.82, 2.24) is 5.32 Å². The lowest BCUT2D eigenvalue weighted by Gasteiger charge is -2.21. The third-order valence-electron chi connectivity index (χ3n) is 2.92. The van der Waals surface area contributed by atoms with Gasteiger partial charge in [-0.25, -0.2) is 0 Å². The van der Waals surface area contributed by atoms with Crippen LogP contribution in [0.4, 0.5) is 0 Å². The second-order valence-corrected chi connectivity index (χ2v) is 4.61. The molecule has 0 amide bonds. The standard InChI is InChI=1S/C13H16ClNO2/c14-11-6-2-1-5-10(11)9-17-13(16)12-7-3-4-8-15-12/h1-2,5-6,12,15H,3-4,7-9H2. The molecule has 1 aromatic rings. The maximum absolute atomic E-state index is 11.8.